The zero-order chi connectivity index (χ0) is 4.50. The summed E-state index contributed by atoms with van der Waals surface area (Å²) in [4.78, 5) is 34.3. The first-order valence-electron chi connectivity index (χ1n) is 0.816. The molecule has 0 radical (unpaired) electrons. The molecule has 0 aliphatic carbocycles. The molecular formula is LaO4SiZn+. The van der Waals surface area contributed by atoms with Gasteiger partial charge in [0.25, 0.3) is 0 Å². The molecule has 0 aromatic heterocycles. The Labute approximate surface area is 82.4 Å². The largest absolute Gasteiger partial charge is 3.00 e. The van der Waals surface area contributed by atoms with Crippen molar-refractivity contribution in [2.24, 2.45) is 0 Å². The fourth-order valence-electron chi connectivity index (χ4n) is 0. The van der Waals surface area contributed by atoms with E-state index in [2.05, 4.69) is 0 Å². The van der Waals surface area contributed by atoms with Gasteiger partial charge in [-0.2, -0.15) is 0 Å². The Balaban J connectivity index is -0.0000000800. The number of hydrogen-bond donors (Lipinski definition) is 0. The Kier molecular flexibility index (Phi) is 13.7. The molecule has 0 aliphatic heterocycles. The van der Waals surface area contributed by atoms with Gasteiger partial charge >= 0.3 is 55.1 Å². The molecule has 0 unspecified atom stereocenters. The first kappa shape index (κ1) is 15.9. The molecule has 0 aliphatic rings. The van der Waals surface area contributed by atoms with E-state index in [1.165, 1.54) is 0 Å². The summed E-state index contributed by atoms with van der Waals surface area (Å²) in [5.41, 5.74) is 0. The van der Waals surface area contributed by atoms with Crippen LogP contribution in [-0.4, -0.2) is 9.05 Å². The fraction of sp³-hybridized carbons (Fsp3) is 0. The molecule has 0 bridgehead atoms. The second-order valence-electron chi connectivity index (χ2n) is 0.500. The third-order valence-electron chi connectivity index (χ3n) is 0. The molecule has 0 amide bonds. The predicted molar refractivity (Wildman–Crippen MR) is 5.75 cm³/mol. The van der Waals surface area contributed by atoms with Crippen molar-refractivity contribution in [3.8, 4) is 0 Å². The molecule has 0 heterocycles. The average molecular weight is 296 g/mol. The van der Waals surface area contributed by atoms with Gasteiger partial charge in [0.1, 0.15) is 0 Å². The van der Waals surface area contributed by atoms with Crippen LogP contribution < -0.4 is 19.2 Å². The molecule has 0 spiro atoms. The van der Waals surface area contributed by atoms with Crippen molar-refractivity contribution >= 4 is 9.05 Å². The van der Waals surface area contributed by atoms with E-state index in [4.69, 9.17) is 19.2 Å². The van der Waals surface area contributed by atoms with Gasteiger partial charge in [0.05, 0.1) is 0 Å². The van der Waals surface area contributed by atoms with Crippen molar-refractivity contribution in [2.75, 3.05) is 0 Å². The summed E-state index contributed by atoms with van der Waals surface area (Å²) in [6, 6.07) is 0. The van der Waals surface area contributed by atoms with Crippen LogP contribution in [0.25, 0.3) is 0 Å². The van der Waals surface area contributed by atoms with Crippen LogP contribution in [0.3, 0.4) is 0 Å². The Bertz CT molecular complexity index is 27.2. The van der Waals surface area contributed by atoms with Gasteiger partial charge in [-0.1, -0.05) is 0 Å². The van der Waals surface area contributed by atoms with E-state index in [-0.39, 0.29) is 55.1 Å². The summed E-state index contributed by atoms with van der Waals surface area (Å²) in [5.74, 6) is 0. The molecule has 0 fully saturated rings. The van der Waals surface area contributed by atoms with E-state index in [0.29, 0.717) is 0 Å². The van der Waals surface area contributed by atoms with Gasteiger partial charge in [0.2, 0.25) is 0 Å². The van der Waals surface area contributed by atoms with Crippen LogP contribution in [0.5, 0.6) is 0 Å². The van der Waals surface area contributed by atoms with Crippen LogP contribution >= 0.6 is 0 Å². The van der Waals surface area contributed by atoms with Crippen molar-refractivity contribution in [3.05, 3.63) is 0 Å². The van der Waals surface area contributed by atoms with Gasteiger partial charge in [-0.15, -0.1) is 0 Å². The summed E-state index contributed by atoms with van der Waals surface area (Å²) in [7, 11) is -5.61. The number of rotatable bonds is 0. The molecule has 7 heteroatoms. The second-order valence-corrected chi connectivity index (χ2v) is 1.50. The Morgan fingerprint density at radius 1 is 0.857 bits per heavy atom. The van der Waals surface area contributed by atoms with Gasteiger partial charge in [-0.05, 0) is 0 Å². The maximum absolute atomic E-state index is 8.58. The topological polar surface area (TPSA) is 92.2 Å². The summed E-state index contributed by atoms with van der Waals surface area (Å²) < 4.78 is 0. The van der Waals surface area contributed by atoms with Crippen LogP contribution in [-0.2, 0) is 19.5 Å². The maximum atomic E-state index is 8.58. The van der Waals surface area contributed by atoms with Crippen LogP contribution in [0.4, 0.5) is 0 Å². The van der Waals surface area contributed by atoms with E-state index in [9.17, 15) is 0 Å². The van der Waals surface area contributed by atoms with Crippen LogP contribution in [0.1, 0.15) is 0 Å². The van der Waals surface area contributed by atoms with E-state index < -0.39 is 9.05 Å². The summed E-state index contributed by atoms with van der Waals surface area (Å²) in [6.07, 6.45) is 0. The fourth-order valence-corrected chi connectivity index (χ4v) is 0. The van der Waals surface area contributed by atoms with Crippen molar-refractivity contribution in [1.29, 1.82) is 0 Å². The van der Waals surface area contributed by atoms with E-state index in [1.54, 1.807) is 0 Å². The smallest absolute Gasteiger partial charge is 0.894 e. The number of hydrogen-bond acceptors (Lipinski definition) is 4. The molecule has 0 N–H and O–H groups in total. The molecule has 0 aromatic carbocycles. The molecule has 4 nitrogen and oxygen atoms in total. The van der Waals surface area contributed by atoms with Crippen LogP contribution in [0, 0.1) is 35.6 Å². The van der Waals surface area contributed by atoms with Crippen molar-refractivity contribution < 1.29 is 74.3 Å². The summed E-state index contributed by atoms with van der Waals surface area (Å²) in [5, 5.41) is 0. The predicted octanol–water partition coefficient (Wildman–Crippen LogP) is -5.14. The molecule has 0 saturated carbocycles. The third kappa shape index (κ3) is 77.3. The maximum Gasteiger partial charge on any atom is 3.00 e. The minimum atomic E-state index is -5.61. The van der Waals surface area contributed by atoms with Gasteiger partial charge in [-0.3, -0.25) is 0 Å². The minimum absolute atomic E-state index is 0. The Hall–Kier alpha value is 1.88. The second kappa shape index (κ2) is 6.00. The summed E-state index contributed by atoms with van der Waals surface area (Å²) in [6.45, 7) is 0. The monoisotopic (exact) mass is 295 g/mol. The van der Waals surface area contributed by atoms with Gasteiger partial charge in [-0.25, -0.2) is 0 Å². The molecule has 0 atom stereocenters. The average Bonchev–Trinajstić information content (AvgIpc) is 0.722. The summed E-state index contributed by atoms with van der Waals surface area (Å²) >= 11 is 0. The molecule has 0 rings (SSSR count). The first-order chi connectivity index (χ1) is 2.00. The minimum Gasteiger partial charge on any atom is -0.894 e. The van der Waals surface area contributed by atoms with E-state index in [1.807, 2.05) is 0 Å². The SMILES string of the molecule is [La+3].[O-][Si]([O-])([O-])[O-].[Zn+2]. The standard InChI is InChI=1S/La.O4Si.Zn/c;1-5(2,3)4;/q+3;-4;+2. The molecule has 0 aromatic rings. The van der Waals surface area contributed by atoms with Crippen LogP contribution in [0.15, 0.2) is 0 Å². The molecule has 0 saturated heterocycles. The van der Waals surface area contributed by atoms with Gasteiger partial charge < -0.3 is 28.2 Å². The van der Waals surface area contributed by atoms with Gasteiger partial charge in [0, 0.05) is 0 Å². The zero-order valence-electron chi connectivity index (χ0n) is 3.42. The van der Waals surface area contributed by atoms with E-state index >= 15 is 0 Å². The van der Waals surface area contributed by atoms with Gasteiger partial charge in [0.15, 0.2) is 0 Å². The normalized spacial score (nSPS) is 8.57. The van der Waals surface area contributed by atoms with Crippen molar-refractivity contribution in [1.82, 2.24) is 0 Å². The van der Waals surface area contributed by atoms with Crippen LogP contribution in [0.2, 0.25) is 0 Å². The van der Waals surface area contributed by atoms with E-state index in [0.717, 1.165) is 0 Å². The van der Waals surface area contributed by atoms with Crippen molar-refractivity contribution in [3.63, 3.8) is 0 Å². The third-order valence-corrected chi connectivity index (χ3v) is 0. The molecule has 7 heavy (non-hydrogen) atoms. The zero-order valence-corrected chi connectivity index (χ0v) is 11.0. The molecule has 32 valence electrons. The van der Waals surface area contributed by atoms with Crippen molar-refractivity contribution in [2.45, 2.75) is 0 Å². The quantitative estimate of drug-likeness (QED) is 0.418. The Morgan fingerprint density at radius 3 is 0.857 bits per heavy atom. The molecular weight excluding hydrogens is 296 g/mol. The first-order valence-corrected chi connectivity index (χ1v) is 2.45. The Morgan fingerprint density at radius 2 is 0.857 bits per heavy atom.